The first-order chi connectivity index (χ1) is 9.09. The predicted molar refractivity (Wildman–Crippen MR) is 92.3 cm³/mol. The fourth-order valence-corrected chi connectivity index (χ4v) is 2.42. The van der Waals surface area contributed by atoms with Crippen molar-refractivity contribution in [3.05, 3.63) is 34.9 Å². The normalized spacial score (nSPS) is 10.9. The summed E-state index contributed by atoms with van der Waals surface area (Å²) in [4.78, 5) is 11.0. The van der Waals surface area contributed by atoms with Gasteiger partial charge < -0.3 is 0 Å². The van der Waals surface area contributed by atoms with Gasteiger partial charge in [-0.05, 0) is 18.2 Å². The van der Waals surface area contributed by atoms with Crippen LogP contribution in [-0.4, -0.2) is 22.4 Å². The fraction of sp³-hybridized carbons (Fsp3) is 0.353. The number of hydrogen-bond donors (Lipinski definition) is 0. The van der Waals surface area contributed by atoms with E-state index in [0.717, 1.165) is 17.4 Å². The van der Waals surface area contributed by atoms with Crippen molar-refractivity contribution in [2.24, 2.45) is 0 Å². The topological polar surface area (TPSA) is 17.1 Å². The SMILES string of the molecule is C[Si](C)(C)C#Cc1cc(C#C[Si](C)(C)C)cc(C=O)c1. The van der Waals surface area contributed by atoms with Gasteiger partial charge in [0.1, 0.15) is 22.4 Å². The summed E-state index contributed by atoms with van der Waals surface area (Å²) in [6, 6.07) is 5.65. The van der Waals surface area contributed by atoms with Crippen LogP contribution in [0.5, 0.6) is 0 Å². The standard InChI is InChI=1S/C17H22OSi2/c1-19(2,3)9-7-15-11-16(8-10-20(4,5)6)13-17(12-15)14-18/h11-14H,1-6H3. The molecule has 104 valence electrons. The second kappa shape index (κ2) is 6.26. The second-order valence-corrected chi connectivity index (χ2v) is 16.5. The minimum Gasteiger partial charge on any atom is -0.298 e. The summed E-state index contributed by atoms with van der Waals surface area (Å²) in [5.41, 5.74) is 9.06. The Bertz CT molecular complexity index is 573. The van der Waals surface area contributed by atoms with Crippen molar-refractivity contribution in [1.82, 2.24) is 0 Å². The predicted octanol–water partition coefficient (Wildman–Crippen LogP) is 3.96. The van der Waals surface area contributed by atoms with E-state index in [1.165, 1.54) is 0 Å². The first-order valence-electron chi connectivity index (χ1n) is 6.76. The molecule has 0 aliphatic rings. The number of hydrogen-bond acceptors (Lipinski definition) is 1. The molecule has 0 aliphatic carbocycles. The summed E-state index contributed by atoms with van der Waals surface area (Å²) in [6.07, 6.45) is 0.861. The van der Waals surface area contributed by atoms with Gasteiger partial charge in [0, 0.05) is 16.7 Å². The van der Waals surface area contributed by atoms with E-state index in [4.69, 9.17) is 0 Å². The van der Waals surface area contributed by atoms with Crippen molar-refractivity contribution in [1.29, 1.82) is 0 Å². The van der Waals surface area contributed by atoms with Crippen LogP contribution in [0.15, 0.2) is 18.2 Å². The molecule has 0 heterocycles. The Balaban J connectivity index is 3.24. The highest BCUT2D eigenvalue weighted by atomic mass is 28.3. The lowest BCUT2D eigenvalue weighted by molar-refractivity contribution is 0.112. The van der Waals surface area contributed by atoms with Gasteiger partial charge >= 0.3 is 0 Å². The summed E-state index contributed by atoms with van der Waals surface area (Å²) >= 11 is 0. The van der Waals surface area contributed by atoms with Crippen LogP contribution in [0.4, 0.5) is 0 Å². The molecular formula is C17H22OSi2. The molecule has 20 heavy (non-hydrogen) atoms. The van der Waals surface area contributed by atoms with Gasteiger partial charge in [-0.3, -0.25) is 4.79 Å². The molecule has 0 saturated heterocycles. The number of carbonyl (C=O) groups is 1. The first kappa shape index (κ1) is 16.5. The maximum atomic E-state index is 11.0. The number of carbonyl (C=O) groups excluding carboxylic acids is 1. The van der Waals surface area contributed by atoms with Gasteiger partial charge in [0.2, 0.25) is 0 Å². The van der Waals surface area contributed by atoms with Crippen molar-refractivity contribution in [2.45, 2.75) is 39.3 Å². The molecule has 0 aromatic heterocycles. The van der Waals surface area contributed by atoms with Gasteiger partial charge in [0.25, 0.3) is 0 Å². The van der Waals surface area contributed by atoms with E-state index < -0.39 is 16.1 Å². The first-order valence-corrected chi connectivity index (χ1v) is 13.8. The van der Waals surface area contributed by atoms with Gasteiger partial charge in [-0.15, -0.1) is 11.1 Å². The Hall–Kier alpha value is -1.56. The molecule has 0 N–H and O–H groups in total. The van der Waals surface area contributed by atoms with Crippen LogP contribution in [0.1, 0.15) is 21.5 Å². The third-order valence-corrected chi connectivity index (χ3v) is 4.01. The summed E-state index contributed by atoms with van der Waals surface area (Å²) in [5.74, 6) is 6.39. The molecule has 1 aromatic carbocycles. The summed E-state index contributed by atoms with van der Waals surface area (Å²) in [6.45, 7) is 13.2. The minimum absolute atomic E-state index is 0.646. The quantitative estimate of drug-likeness (QED) is 0.436. The lowest BCUT2D eigenvalue weighted by atomic mass is 10.1. The molecule has 0 radical (unpaired) electrons. The van der Waals surface area contributed by atoms with Crippen LogP contribution in [-0.2, 0) is 0 Å². The number of benzene rings is 1. The number of aldehydes is 1. The van der Waals surface area contributed by atoms with Crippen molar-refractivity contribution < 1.29 is 4.79 Å². The molecule has 0 saturated carbocycles. The third kappa shape index (κ3) is 6.56. The monoisotopic (exact) mass is 298 g/mol. The largest absolute Gasteiger partial charge is 0.298 e. The molecule has 0 amide bonds. The molecule has 0 spiro atoms. The van der Waals surface area contributed by atoms with Crippen LogP contribution in [0.2, 0.25) is 39.3 Å². The highest BCUT2D eigenvalue weighted by Crippen LogP contribution is 2.09. The van der Waals surface area contributed by atoms with Gasteiger partial charge in [-0.2, -0.15) is 0 Å². The molecule has 0 aliphatic heterocycles. The Morgan fingerprint density at radius 3 is 1.50 bits per heavy atom. The minimum atomic E-state index is -1.41. The van der Waals surface area contributed by atoms with Gasteiger partial charge in [0.05, 0.1) is 0 Å². The zero-order chi connectivity index (χ0) is 15.4. The molecule has 0 atom stereocenters. The van der Waals surface area contributed by atoms with E-state index in [-0.39, 0.29) is 0 Å². The molecule has 1 aromatic rings. The van der Waals surface area contributed by atoms with Gasteiger partial charge in [0.15, 0.2) is 0 Å². The van der Waals surface area contributed by atoms with E-state index in [1.54, 1.807) is 0 Å². The highest BCUT2D eigenvalue weighted by molar-refractivity contribution is 6.84. The molecule has 1 nitrogen and oxygen atoms in total. The van der Waals surface area contributed by atoms with Crippen LogP contribution in [0.25, 0.3) is 0 Å². The molecule has 0 bridgehead atoms. The fourth-order valence-electron chi connectivity index (χ4n) is 1.38. The van der Waals surface area contributed by atoms with Gasteiger partial charge in [-0.25, -0.2) is 0 Å². The van der Waals surface area contributed by atoms with E-state index in [0.29, 0.717) is 5.56 Å². The Labute approximate surface area is 124 Å². The van der Waals surface area contributed by atoms with Crippen molar-refractivity contribution in [2.75, 3.05) is 0 Å². The zero-order valence-corrected chi connectivity index (χ0v) is 15.2. The summed E-state index contributed by atoms with van der Waals surface area (Å²) < 4.78 is 0. The smallest absolute Gasteiger partial charge is 0.150 e. The average molecular weight is 299 g/mol. The number of rotatable bonds is 1. The maximum absolute atomic E-state index is 11.0. The molecular weight excluding hydrogens is 276 g/mol. The lowest BCUT2D eigenvalue weighted by Gasteiger charge is -2.05. The van der Waals surface area contributed by atoms with E-state index >= 15 is 0 Å². The van der Waals surface area contributed by atoms with Crippen LogP contribution in [0.3, 0.4) is 0 Å². The van der Waals surface area contributed by atoms with Gasteiger partial charge in [-0.1, -0.05) is 51.1 Å². The molecule has 1 rings (SSSR count). The Morgan fingerprint density at radius 1 is 0.800 bits per heavy atom. The van der Waals surface area contributed by atoms with E-state index in [1.807, 2.05) is 18.2 Å². The van der Waals surface area contributed by atoms with Crippen LogP contribution >= 0.6 is 0 Å². The summed E-state index contributed by atoms with van der Waals surface area (Å²) in [5, 5.41) is 0. The third-order valence-electron chi connectivity index (χ3n) is 2.26. The molecule has 3 heteroatoms. The van der Waals surface area contributed by atoms with Crippen molar-refractivity contribution >= 4 is 22.4 Å². The summed E-state index contributed by atoms with van der Waals surface area (Å²) in [7, 11) is -2.82. The van der Waals surface area contributed by atoms with E-state index in [9.17, 15) is 4.79 Å². The Kier molecular flexibility index (Phi) is 5.17. The lowest BCUT2D eigenvalue weighted by Crippen LogP contribution is -2.16. The molecule has 0 unspecified atom stereocenters. The van der Waals surface area contributed by atoms with Crippen molar-refractivity contribution in [3.63, 3.8) is 0 Å². The van der Waals surface area contributed by atoms with Crippen molar-refractivity contribution in [3.8, 4) is 22.9 Å². The zero-order valence-electron chi connectivity index (χ0n) is 13.2. The van der Waals surface area contributed by atoms with Crippen LogP contribution in [0, 0.1) is 22.9 Å². The second-order valence-electron chi connectivity index (χ2n) is 6.96. The van der Waals surface area contributed by atoms with E-state index in [2.05, 4.69) is 62.2 Å². The molecule has 0 fully saturated rings. The maximum Gasteiger partial charge on any atom is 0.150 e. The highest BCUT2D eigenvalue weighted by Gasteiger charge is 2.09. The Morgan fingerprint density at radius 2 is 1.20 bits per heavy atom. The average Bonchev–Trinajstić information content (AvgIpc) is 2.32. The van der Waals surface area contributed by atoms with Crippen LogP contribution < -0.4 is 0 Å².